The standard InChI is InChI=1S/C9H8ClNO4/c10-5-15-9-4-8-6(1-2-14-8)3-7(9)11(12)13/h3-4H,1-2,5H2. The van der Waals surface area contributed by atoms with Crippen LogP contribution in [0.5, 0.6) is 11.5 Å². The third-order valence-electron chi connectivity index (χ3n) is 2.18. The molecule has 1 aromatic rings. The molecule has 1 aliphatic rings. The van der Waals surface area contributed by atoms with E-state index in [0.29, 0.717) is 18.8 Å². The first-order valence-corrected chi connectivity index (χ1v) is 4.88. The Kier molecular flexibility index (Phi) is 2.64. The summed E-state index contributed by atoms with van der Waals surface area (Å²) in [6, 6.07) is 2.87. The monoisotopic (exact) mass is 229 g/mol. The Bertz CT molecular complexity index is 407. The Hall–Kier alpha value is -1.49. The first-order chi connectivity index (χ1) is 7.22. The van der Waals surface area contributed by atoms with E-state index in [0.717, 1.165) is 5.56 Å². The Balaban J connectivity index is 2.47. The molecular weight excluding hydrogens is 222 g/mol. The molecule has 1 aliphatic heterocycles. The van der Waals surface area contributed by atoms with E-state index in [1.807, 2.05) is 0 Å². The van der Waals surface area contributed by atoms with Gasteiger partial charge in [-0.3, -0.25) is 10.1 Å². The van der Waals surface area contributed by atoms with Gasteiger partial charge in [0.2, 0.25) is 5.75 Å². The molecule has 2 rings (SSSR count). The number of nitrogens with zero attached hydrogens (tertiary/aromatic N) is 1. The molecule has 0 saturated carbocycles. The summed E-state index contributed by atoms with van der Waals surface area (Å²) in [7, 11) is 0. The van der Waals surface area contributed by atoms with E-state index < -0.39 is 4.92 Å². The lowest BCUT2D eigenvalue weighted by Gasteiger charge is -2.05. The van der Waals surface area contributed by atoms with Crippen molar-refractivity contribution in [3.05, 3.63) is 27.8 Å². The van der Waals surface area contributed by atoms with Crippen LogP contribution in [-0.2, 0) is 6.42 Å². The maximum Gasteiger partial charge on any atom is 0.311 e. The third-order valence-corrected chi connectivity index (χ3v) is 2.29. The Morgan fingerprint density at radius 1 is 1.60 bits per heavy atom. The van der Waals surface area contributed by atoms with Crippen molar-refractivity contribution in [2.24, 2.45) is 0 Å². The lowest BCUT2D eigenvalue weighted by Crippen LogP contribution is -1.97. The van der Waals surface area contributed by atoms with Gasteiger partial charge in [-0.2, -0.15) is 0 Å². The summed E-state index contributed by atoms with van der Waals surface area (Å²) in [6.07, 6.45) is 0.692. The van der Waals surface area contributed by atoms with Crippen LogP contribution in [0.25, 0.3) is 0 Å². The first kappa shape index (κ1) is 10.0. The van der Waals surface area contributed by atoms with Crippen LogP contribution in [0.3, 0.4) is 0 Å². The van der Waals surface area contributed by atoms with Crippen molar-refractivity contribution in [3.8, 4) is 11.5 Å². The van der Waals surface area contributed by atoms with E-state index in [9.17, 15) is 10.1 Å². The topological polar surface area (TPSA) is 61.6 Å². The Morgan fingerprint density at radius 3 is 3.07 bits per heavy atom. The Labute approximate surface area is 90.7 Å². The van der Waals surface area contributed by atoms with Crippen molar-refractivity contribution in [2.45, 2.75) is 6.42 Å². The fourth-order valence-corrected chi connectivity index (χ4v) is 1.63. The van der Waals surface area contributed by atoms with Crippen LogP contribution in [0.4, 0.5) is 5.69 Å². The average Bonchev–Trinajstić information content (AvgIpc) is 2.63. The second-order valence-electron chi connectivity index (χ2n) is 3.04. The lowest BCUT2D eigenvalue weighted by molar-refractivity contribution is -0.385. The van der Waals surface area contributed by atoms with Crippen molar-refractivity contribution >= 4 is 17.3 Å². The van der Waals surface area contributed by atoms with E-state index in [2.05, 4.69) is 0 Å². The van der Waals surface area contributed by atoms with Gasteiger partial charge in [0.25, 0.3) is 0 Å². The molecule has 0 radical (unpaired) electrons. The fourth-order valence-electron chi connectivity index (χ4n) is 1.51. The number of fused-ring (bicyclic) bond motifs is 1. The molecule has 1 heterocycles. The maximum atomic E-state index is 10.7. The number of halogens is 1. The smallest absolute Gasteiger partial charge is 0.311 e. The molecule has 6 heteroatoms. The maximum absolute atomic E-state index is 10.7. The molecule has 5 nitrogen and oxygen atoms in total. The minimum absolute atomic E-state index is 0.0695. The van der Waals surface area contributed by atoms with Crippen LogP contribution < -0.4 is 9.47 Å². The Morgan fingerprint density at radius 2 is 2.40 bits per heavy atom. The van der Waals surface area contributed by atoms with E-state index in [1.54, 1.807) is 0 Å². The summed E-state index contributed by atoms with van der Waals surface area (Å²) in [5.41, 5.74) is 0.767. The van der Waals surface area contributed by atoms with Gasteiger partial charge in [0.05, 0.1) is 11.5 Å². The molecule has 0 saturated heterocycles. The molecule has 0 fully saturated rings. The zero-order valence-corrected chi connectivity index (χ0v) is 8.49. The molecule has 0 N–H and O–H groups in total. The fraction of sp³-hybridized carbons (Fsp3) is 0.333. The van der Waals surface area contributed by atoms with Crippen molar-refractivity contribution in [1.82, 2.24) is 0 Å². The van der Waals surface area contributed by atoms with Gasteiger partial charge < -0.3 is 9.47 Å². The van der Waals surface area contributed by atoms with Gasteiger partial charge in [-0.1, -0.05) is 11.6 Å². The van der Waals surface area contributed by atoms with Gasteiger partial charge in [-0.15, -0.1) is 0 Å². The third kappa shape index (κ3) is 1.83. The molecule has 0 amide bonds. The molecule has 1 aromatic carbocycles. The van der Waals surface area contributed by atoms with Gasteiger partial charge in [0.15, 0.2) is 6.07 Å². The van der Waals surface area contributed by atoms with E-state index >= 15 is 0 Å². The summed E-state index contributed by atoms with van der Waals surface area (Å²) >= 11 is 5.38. The predicted molar refractivity (Wildman–Crippen MR) is 53.6 cm³/mol. The van der Waals surface area contributed by atoms with Gasteiger partial charge >= 0.3 is 5.69 Å². The number of alkyl halides is 1. The average molecular weight is 230 g/mol. The van der Waals surface area contributed by atoms with E-state index in [4.69, 9.17) is 21.1 Å². The first-order valence-electron chi connectivity index (χ1n) is 4.35. The largest absolute Gasteiger partial charge is 0.493 e. The highest BCUT2D eigenvalue weighted by atomic mass is 35.5. The number of nitro groups is 1. The minimum atomic E-state index is -0.486. The molecule has 0 aliphatic carbocycles. The summed E-state index contributed by atoms with van der Waals surface area (Å²) in [5, 5.41) is 10.7. The van der Waals surface area contributed by atoms with Gasteiger partial charge in [0.1, 0.15) is 5.75 Å². The lowest BCUT2D eigenvalue weighted by atomic mass is 10.1. The second kappa shape index (κ2) is 3.94. The highest BCUT2D eigenvalue weighted by Crippen LogP contribution is 2.37. The quantitative estimate of drug-likeness (QED) is 0.452. The predicted octanol–water partition coefficient (Wildman–Crippen LogP) is 2.10. The summed E-state index contributed by atoms with van der Waals surface area (Å²) in [4.78, 5) is 10.3. The molecule has 0 bridgehead atoms. The second-order valence-corrected chi connectivity index (χ2v) is 3.25. The van der Waals surface area contributed by atoms with Gasteiger partial charge in [-0.25, -0.2) is 0 Å². The summed E-state index contributed by atoms with van der Waals surface area (Å²) in [6.45, 7) is 0.552. The van der Waals surface area contributed by atoms with E-state index in [1.165, 1.54) is 12.1 Å². The highest BCUT2D eigenvalue weighted by Gasteiger charge is 2.22. The van der Waals surface area contributed by atoms with Crippen molar-refractivity contribution in [3.63, 3.8) is 0 Å². The number of hydrogen-bond acceptors (Lipinski definition) is 4. The number of benzene rings is 1. The van der Waals surface area contributed by atoms with Crippen LogP contribution >= 0.6 is 11.6 Å². The number of rotatable bonds is 3. The van der Waals surface area contributed by atoms with Gasteiger partial charge in [-0.05, 0) is 0 Å². The number of ether oxygens (including phenoxy) is 2. The SMILES string of the molecule is O=[N+]([O-])c1cc2c(cc1OCCl)OCC2. The molecule has 0 atom stereocenters. The van der Waals surface area contributed by atoms with E-state index in [-0.39, 0.29) is 17.5 Å². The van der Waals surface area contributed by atoms with Crippen molar-refractivity contribution in [1.29, 1.82) is 0 Å². The van der Waals surface area contributed by atoms with Crippen molar-refractivity contribution in [2.75, 3.05) is 12.7 Å². The zero-order valence-electron chi connectivity index (χ0n) is 7.73. The number of hydrogen-bond donors (Lipinski definition) is 0. The summed E-state index contributed by atoms with van der Waals surface area (Å²) in [5.74, 6) is 0.788. The van der Waals surface area contributed by atoms with Crippen LogP contribution in [0, 0.1) is 10.1 Å². The zero-order chi connectivity index (χ0) is 10.8. The molecular formula is C9H8ClNO4. The highest BCUT2D eigenvalue weighted by molar-refractivity contribution is 6.17. The van der Waals surface area contributed by atoms with Crippen LogP contribution in [0.1, 0.15) is 5.56 Å². The molecule has 0 unspecified atom stereocenters. The van der Waals surface area contributed by atoms with Crippen LogP contribution in [-0.4, -0.2) is 17.6 Å². The summed E-state index contributed by atoms with van der Waals surface area (Å²) < 4.78 is 10.2. The van der Waals surface area contributed by atoms with Crippen molar-refractivity contribution < 1.29 is 14.4 Å². The molecule has 80 valence electrons. The van der Waals surface area contributed by atoms with Crippen LogP contribution in [0.2, 0.25) is 0 Å². The molecule has 0 aromatic heterocycles. The molecule has 15 heavy (non-hydrogen) atoms. The van der Waals surface area contributed by atoms with Gasteiger partial charge in [0, 0.05) is 24.1 Å². The molecule has 0 spiro atoms. The number of nitro benzene ring substituents is 1. The van der Waals surface area contributed by atoms with Crippen LogP contribution in [0.15, 0.2) is 12.1 Å². The minimum Gasteiger partial charge on any atom is -0.493 e. The normalized spacial score (nSPS) is 13.1.